The molecule has 3 heterocycles. The lowest BCUT2D eigenvalue weighted by atomic mass is 9.98. The number of nitrogens with zero attached hydrogens (tertiary/aromatic N) is 4. The maximum atomic E-state index is 11.5. The molecule has 0 N–H and O–H groups in total. The predicted molar refractivity (Wildman–Crippen MR) is 84.3 cm³/mol. The van der Waals surface area contributed by atoms with Crippen LogP contribution in [0, 0.1) is 5.92 Å². The van der Waals surface area contributed by atoms with Gasteiger partial charge in [0.15, 0.2) is 18.0 Å². The molecular formula is C14H16Cl2N4O3. The summed E-state index contributed by atoms with van der Waals surface area (Å²) in [5, 5.41) is 5.09. The summed E-state index contributed by atoms with van der Waals surface area (Å²) in [5.41, 5.74) is 0.445. The summed E-state index contributed by atoms with van der Waals surface area (Å²) in [4.78, 5) is 19.5. The molecule has 0 radical (unpaired) electrons. The van der Waals surface area contributed by atoms with Crippen LogP contribution in [-0.2, 0) is 14.3 Å². The zero-order valence-corrected chi connectivity index (χ0v) is 14.4. The first-order valence-corrected chi connectivity index (χ1v) is 8.07. The van der Waals surface area contributed by atoms with Crippen molar-refractivity contribution in [3.63, 3.8) is 0 Å². The van der Waals surface area contributed by atoms with Crippen molar-refractivity contribution in [3.8, 4) is 0 Å². The summed E-state index contributed by atoms with van der Waals surface area (Å²) in [6, 6.07) is 0. The van der Waals surface area contributed by atoms with E-state index in [-0.39, 0.29) is 28.4 Å². The van der Waals surface area contributed by atoms with E-state index in [0.717, 1.165) is 6.42 Å². The average molecular weight is 359 g/mol. The minimum atomic E-state index is -0.585. The Bertz CT molecular complexity index is 751. The van der Waals surface area contributed by atoms with E-state index in [1.54, 1.807) is 10.9 Å². The van der Waals surface area contributed by atoms with Gasteiger partial charge in [-0.1, -0.05) is 25.4 Å². The van der Waals surface area contributed by atoms with Crippen LogP contribution in [-0.4, -0.2) is 37.9 Å². The quantitative estimate of drug-likeness (QED) is 0.476. The van der Waals surface area contributed by atoms with Crippen molar-refractivity contribution < 1.29 is 14.3 Å². The van der Waals surface area contributed by atoms with E-state index in [1.165, 1.54) is 6.92 Å². The molecule has 4 atom stereocenters. The van der Waals surface area contributed by atoms with Crippen LogP contribution >= 0.6 is 23.2 Å². The van der Waals surface area contributed by atoms with Gasteiger partial charge in [-0.15, -0.1) is 0 Å². The predicted octanol–water partition coefficient (Wildman–Crippen LogP) is 3.01. The summed E-state index contributed by atoms with van der Waals surface area (Å²) in [5.74, 6) is -0.338. The molecule has 0 spiro atoms. The Balaban J connectivity index is 2.06. The Kier molecular flexibility index (Phi) is 4.44. The molecule has 0 aliphatic carbocycles. The summed E-state index contributed by atoms with van der Waals surface area (Å²) in [6.07, 6.45) is 1.25. The zero-order chi connectivity index (χ0) is 16.7. The molecule has 2 aromatic rings. The number of hydrogen-bond donors (Lipinski definition) is 0. The van der Waals surface area contributed by atoms with E-state index in [0.29, 0.717) is 11.0 Å². The zero-order valence-electron chi connectivity index (χ0n) is 12.9. The van der Waals surface area contributed by atoms with Crippen molar-refractivity contribution in [2.75, 3.05) is 0 Å². The largest absolute Gasteiger partial charge is 0.457 e. The maximum absolute atomic E-state index is 11.5. The molecule has 23 heavy (non-hydrogen) atoms. The molecule has 9 heteroatoms. The average Bonchev–Trinajstić information content (AvgIpc) is 3.01. The lowest BCUT2D eigenvalue weighted by Gasteiger charge is -2.21. The minimum absolute atomic E-state index is 0.0198. The van der Waals surface area contributed by atoms with E-state index < -0.39 is 12.3 Å². The number of aromatic nitrogens is 4. The molecule has 0 aromatic carbocycles. The van der Waals surface area contributed by atoms with Crippen LogP contribution in [0.5, 0.6) is 0 Å². The van der Waals surface area contributed by atoms with Crippen molar-refractivity contribution in [3.05, 3.63) is 16.6 Å². The van der Waals surface area contributed by atoms with Gasteiger partial charge in [0.1, 0.15) is 5.15 Å². The fourth-order valence-corrected chi connectivity index (χ4v) is 3.35. The molecule has 0 saturated carbocycles. The van der Waals surface area contributed by atoms with E-state index in [2.05, 4.69) is 15.1 Å². The van der Waals surface area contributed by atoms with Crippen LogP contribution < -0.4 is 0 Å². The molecule has 3 rings (SSSR count). The van der Waals surface area contributed by atoms with Crippen molar-refractivity contribution in [2.24, 2.45) is 5.92 Å². The molecule has 7 nitrogen and oxygen atoms in total. The molecule has 1 fully saturated rings. The fraction of sp³-hybridized carbons (Fsp3) is 0.571. The summed E-state index contributed by atoms with van der Waals surface area (Å²) in [7, 11) is 0. The monoisotopic (exact) mass is 358 g/mol. The van der Waals surface area contributed by atoms with Crippen molar-refractivity contribution in [1.82, 2.24) is 19.7 Å². The number of fused-ring (bicyclic) bond motifs is 1. The molecule has 2 aromatic heterocycles. The molecule has 0 amide bonds. The standard InChI is InChI=1S/C14H16Cl2N4O3/c1-4-9-6(2)10(22-7(3)21)13(23-9)20-12-8(5-17-20)11(15)18-14(16)19-12/h5-6,9-10,13H,4H2,1-3H3/t6-,9-,10-,13-/m1/s1. The van der Waals surface area contributed by atoms with Crippen molar-refractivity contribution >= 4 is 40.2 Å². The Morgan fingerprint density at radius 1 is 1.43 bits per heavy atom. The third kappa shape index (κ3) is 2.88. The van der Waals surface area contributed by atoms with Crippen LogP contribution in [0.4, 0.5) is 0 Å². The highest BCUT2D eigenvalue weighted by Crippen LogP contribution is 2.38. The van der Waals surface area contributed by atoms with E-state index in [9.17, 15) is 4.79 Å². The smallest absolute Gasteiger partial charge is 0.303 e. The second-order valence-electron chi connectivity index (χ2n) is 5.52. The van der Waals surface area contributed by atoms with Gasteiger partial charge in [0, 0.05) is 12.8 Å². The summed E-state index contributed by atoms with van der Waals surface area (Å²) in [6.45, 7) is 5.38. The minimum Gasteiger partial charge on any atom is -0.457 e. The van der Waals surface area contributed by atoms with Crippen LogP contribution in [0.1, 0.15) is 33.4 Å². The molecule has 1 saturated heterocycles. The SMILES string of the molecule is CC[C@H]1O[C@@H](n2ncc3c(Cl)nc(Cl)nc32)[C@H](OC(C)=O)[C@@H]1C. The van der Waals surface area contributed by atoms with E-state index >= 15 is 0 Å². The van der Waals surface area contributed by atoms with Crippen LogP contribution in [0.15, 0.2) is 6.20 Å². The summed E-state index contributed by atoms with van der Waals surface area (Å²) < 4.78 is 13.1. The maximum Gasteiger partial charge on any atom is 0.303 e. The van der Waals surface area contributed by atoms with Crippen molar-refractivity contribution in [1.29, 1.82) is 0 Å². The molecule has 1 aliphatic heterocycles. The van der Waals surface area contributed by atoms with Gasteiger partial charge >= 0.3 is 5.97 Å². The Morgan fingerprint density at radius 3 is 2.83 bits per heavy atom. The molecule has 0 bridgehead atoms. The van der Waals surface area contributed by atoms with Crippen LogP contribution in [0.25, 0.3) is 11.0 Å². The van der Waals surface area contributed by atoms with Crippen LogP contribution in [0.2, 0.25) is 10.4 Å². The fourth-order valence-electron chi connectivity index (χ4n) is 2.93. The lowest BCUT2D eigenvalue weighted by molar-refractivity contribution is -0.154. The van der Waals surface area contributed by atoms with E-state index in [4.69, 9.17) is 32.7 Å². The molecular weight excluding hydrogens is 343 g/mol. The first-order chi connectivity index (χ1) is 10.9. The van der Waals surface area contributed by atoms with Gasteiger partial charge in [-0.2, -0.15) is 10.1 Å². The molecule has 124 valence electrons. The summed E-state index contributed by atoms with van der Waals surface area (Å²) >= 11 is 12.0. The van der Waals surface area contributed by atoms with Gasteiger partial charge < -0.3 is 9.47 Å². The van der Waals surface area contributed by atoms with Gasteiger partial charge in [0.25, 0.3) is 0 Å². The Morgan fingerprint density at radius 2 is 2.17 bits per heavy atom. The topological polar surface area (TPSA) is 79.1 Å². The lowest BCUT2D eigenvalue weighted by Crippen LogP contribution is -2.30. The third-order valence-electron chi connectivity index (χ3n) is 4.03. The first kappa shape index (κ1) is 16.4. The first-order valence-electron chi connectivity index (χ1n) is 7.31. The van der Waals surface area contributed by atoms with Gasteiger partial charge in [-0.25, -0.2) is 9.67 Å². The number of hydrogen-bond acceptors (Lipinski definition) is 6. The highest BCUT2D eigenvalue weighted by atomic mass is 35.5. The third-order valence-corrected chi connectivity index (χ3v) is 4.48. The second-order valence-corrected chi connectivity index (χ2v) is 6.21. The second kappa shape index (κ2) is 6.22. The Hall–Kier alpha value is -1.44. The highest BCUT2D eigenvalue weighted by Gasteiger charge is 2.45. The number of carbonyl (C=O) groups is 1. The number of esters is 1. The number of carbonyl (C=O) groups excluding carboxylic acids is 1. The molecule has 0 unspecified atom stereocenters. The molecule has 1 aliphatic rings. The number of halogens is 2. The van der Waals surface area contributed by atoms with E-state index in [1.807, 2.05) is 13.8 Å². The van der Waals surface area contributed by atoms with Gasteiger partial charge in [-0.05, 0) is 18.0 Å². The normalized spacial score (nSPS) is 27.5. The van der Waals surface area contributed by atoms with Gasteiger partial charge in [0.2, 0.25) is 5.28 Å². The highest BCUT2D eigenvalue weighted by molar-refractivity contribution is 6.35. The van der Waals surface area contributed by atoms with Crippen molar-refractivity contribution in [2.45, 2.75) is 45.6 Å². The van der Waals surface area contributed by atoms with Gasteiger partial charge in [-0.3, -0.25) is 4.79 Å². The number of ether oxygens (including phenoxy) is 2. The van der Waals surface area contributed by atoms with Gasteiger partial charge in [0.05, 0.1) is 17.7 Å². The van der Waals surface area contributed by atoms with Crippen LogP contribution in [0.3, 0.4) is 0 Å². The number of rotatable bonds is 3. The Labute approximate surface area is 142 Å².